The second kappa shape index (κ2) is 9.29. The van der Waals surface area contributed by atoms with E-state index < -0.39 is 35.1 Å². The molecule has 4 heterocycles. The Morgan fingerprint density at radius 1 is 1.03 bits per heavy atom. The minimum absolute atomic E-state index is 0.170. The number of nitrogens with zero attached hydrogens (tertiary/aromatic N) is 3. The lowest BCUT2D eigenvalue weighted by Gasteiger charge is -2.40. The van der Waals surface area contributed by atoms with Gasteiger partial charge in [0.2, 0.25) is 11.8 Å². The molecule has 1 aromatic carbocycles. The van der Waals surface area contributed by atoms with Crippen molar-refractivity contribution in [2.24, 2.45) is 11.8 Å². The quantitative estimate of drug-likeness (QED) is 0.587. The molecule has 4 aliphatic rings. The average Bonchev–Trinajstić information content (AvgIpc) is 3.21. The number of carbonyl (C=O) groups excluding carboxylic acids is 3. The van der Waals surface area contributed by atoms with Crippen LogP contribution in [-0.4, -0.2) is 89.8 Å². The fourth-order valence-corrected chi connectivity index (χ4v) is 6.62. The molecule has 2 fully saturated rings. The minimum Gasteiger partial charge on any atom is -0.497 e. The zero-order chi connectivity index (χ0) is 26.5. The zero-order valence-corrected chi connectivity index (χ0v) is 21.8. The van der Waals surface area contributed by atoms with Crippen LogP contribution >= 0.6 is 0 Å². The Morgan fingerprint density at radius 3 is 2.35 bits per heavy atom. The third-order valence-electron chi connectivity index (χ3n) is 8.54. The Morgan fingerprint density at radius 2 is 1.73 bits per heavy atom. The van der Waals surface area contributed by atoms with Crippen molar-refractivity contribution in [2.45, 2.75) is 50.0 Å². The standard InChI is InChI=1S/C28H35N3O6/c1-5-18(17-32)31-23-26(35)30(19-9-11-20(36-4)12-10-19)16-8-14-28(23)22(25(31)34)21-24(33)29(3)15-7-13-27(21,6-2)37-28/h7-14,18,21-23,32H,5-6,15-17H2,1-4H3/t18-,21-,22-,23?,27+,28-/m0/s1. The maximum Gasteiger partial charge on any atom is 0.253 e. The summed E-state index contributed by atoms with van der Waals surface area (Å²) in [5.41, 5.74) is -1.68. The van der Waals surface area contributed by atoms with Crippen LogP contribution < -0.4 is 9.64 Å². The molecule has 9 nitrogen and oxygen atoms in total. The van der Waals surface area contributed by atoms with Crippen LogP contribution in [0.15, 0.2) is 48.6 Å². The van der Waals surface area contributed by atoms with Crippen molar-refractivity contribution in [3.63, 3.8) is 0 Å². The molecule has 3 amide bonds. The molecule has 37 heavy (non-hydrogen) atoms. The van der Waals surface area contributed by atoms with Gasteiger partial charge >= 0.3 is 0 Å². The molecule has 0 radical (unpaired) electrons. The maximum absolute atomic E-state index is 14.4. The first-order chi connectivity index (χ1) is 17.8. The Hall–Kier alpha value is -3.17. The summed E-state index contributed by atoms with van der Waals surface area (Å²) in [7, 11) is 3.30. The molecule has 6 atom stereocenters. The van der Waals surface area contributed by atoms with E-state index in [-0.39, 0.29) is 30.9 Å². The SMILES string of the molecule is CC[C@@H](CO)N1C(=O)[C@@H]2[C@H]3C(=O)N(C)CC=C[C@@]3(CC)O[C@@]23C=CCN(c2ccc(OC)cc2)C(=O)C13. The largest absolute Gasteiger partial charge is 0.497 e. The lowest BCUT2D eigenvalue weighted by Crippen LogP contribution is -2.59. The topological polar surface area (TPSA) is 99.6 Å². The van der Waals surface area contributed by atoms with Gasteiger partial charge < -0.3 is 29.3 Å². The normalized spacial score (nSPS) is 33.7. The van der Waals surface area contributed by atoms with Gasteiger partial charge in [0.15, 0.2) is 0 Å². The summed E-state index contributed by atoms with van der Waals surface area (Å²) < 4.78 is 12.2. The molecule has 5 rings (SSSR count). The fourth-order valence-electron chi connectivity index (χ4n) is 6.62. The van der Waals surface area contributed by atoms with E-state index in [1.54, 1.807) is 48.2 Å². The molecule has 198 valence electrons. The molecule has 0 aliphatic carbocycles. The number of methoxy groups -OCH3 is 1. The molecule has 1 unspecified atom stereocenters. The van der Waals surface area contributed by atoms with Crippen molar-refractivity contribution >= 4 is 23.4 Å². The van der Waals surface area contributed by atoms with Crippen molar-refractivity contribution in [1.29, 1.82) is 0 Å². The van der Waals surface area contributed by atoms with Crippen LogP contribution in [0.4, 0.5) is 5.69 Å². The predicted molar refractivity (Wildman–Crippen MR) is 137 cm³/mol. The van der Waals surface area contributed by atoms with Crippen molar-refractivity contribution < 1.29 is 29.0 Å². The van der Waals surface area contributed by atoms with Crippen molar-refractivity contribution in [3.05, 3.63) is 48.6 Å². The molecule has 2 saturated heterocycles. The molecular weight excluding hydrogens is 474 g/mol. The number of rotatable bonds is 6. The third-order valence-corrected chi connectivity index (χ3v) is 8.54. The molecular formula is C28H35N3O6. The van der Waals surface area contributed by atoms with Crippen LogP contribution in [0.5, 0.6) is 5.75 Å². The second-order valence-corrected chi connectivity index (χ2v) is 10.3. The summed E-state index contributed by atoms with van der Waals surface area (Å²) >= 11 is 0. The summed E-state index contributed by atoms with van der Waals surface area (Å²) in [6, 6.07) is 5.57. The van der Waals surface area contributed by atoms with Crippen LogP contribution in [0.1, 0.15) is 26.7 Å². The molecule has 4 aliphatic heterocycles. The van der Waals surface area contributed by atoms with Crippen LogP contribution in [0.25, 0.3) is 0 Å². The molecule has 0 aromatic heterocycles. The van der Waals surface area contributed by atoms with Gasteiger partial charge in [-0.25, -0.2) is 0 Å². The number of carbonyl (C=O) groups is 3. The van der Waals surface area contributed by atoms with Crippen molar-refractivity contribution in [2.75, 3.05) is 38.8 Å². The van der Waals surface area contributed by atoms with Gasteiger partial charge in [0.1, 0.15) is 17.4 Å². The van der Waals surface area contributed by atoms with Gasteiger partial charge in [0.05, 0.1) is 37.2 Å². The van der Waals surface area contributed by atoms with Crippen LogP contribution in [0.3, 0.4) is 0 Å². The summed E-state index contributed by atoms with van der Waals surface area (Å²) in [5.74, 6) is -1.78. The molecule has 0 bridgehead atoms. The van der Waals surface area contributed by atoms with E-state index >= 15 is 0 Å². The average molecular weight is 510 g/mol. The molecule has 1 spiro atoms. The minimum atomic E-state index is -1.34. The van der Waals surface area contributed by atoms with E-state index in [0.29, 0.717) is 30.8 Å². The number of likely N-dealkylation sites (tertiary alicyclic amines) is 1. The lowest BCUT2D eigenvalue weighted by molar-refractivity contribution is -0.152. The highest BCUT2D eigenvalue weighted by Crippen LogP contribution is 2.59. The first-order valence-corrected chi connectivity index (χ1v) is 13.0. The number of ether oxygens (including phenoxy) is 2. The van der Waals surface area contributed by atoms with Crippen LogP contribution in [0.2, 0.25) is 0 Å². The van der Waals surface area contributed by atoms with Gasteiger partial charge in [-0.05, 0) is 37.1 Å². The molecule has 1 aromatic rings. The molecule has 0 saturated carbocycles. The number of anilines is 1. The highest BCUT2D eigenvalue weighted by Gasteiger charge is 2.75. The van der Waals surface area contributed by atoms with Crippen LogP contribution in [-0.2, 0) is 19.1 Å². The number of amides is 3. The first kappa shape index (κ1) is 25.5. The van der Waals surface area contributed by atoms with E-state index in [4.69, 9.17) is 9.47 Å². The second-order valence-electron chi connectivity index (χ2n) is 10.3. The zero-order valence-electron chi connectivity index (χ0n) is 21.8. The number of hydrogen-bond donors (Lipinski definition) is 1. The van der Waals surface area contributed by atoms with E-state index in [0.717, 1.165) is 0 Å². The highest BCUT2D eigenvalue weighted by molar-refractivity contribution is 6.06. The molecule has 1 N–H and O–H groups in total. The van der Waals surface area contributed by atoms with Crippen LogP contribution in [0, 0.1) is 11.8 Å². The smallest absolute Gasteiger partial charge is 0.253 e. The highest BCUT2D eigenvalue weighted by atomic mass is 16.5. The van der Waals surface area contributed by atoms with Crippen molar-refractivity contribution in [3.8, 4) is 5.75 Å². The maximum atomic E-state index is 14.4. The van der Waals surface area contributed by atoms with Gasteiger partial charge in [-0.1, -0.05) is 38.2 Å². The number of benzene rings is 1. The van der Waals surface area contributed by atoms with Gasteiger partial charge in [0.25, 0.3) is 5.91 Å². The number of hydrogen-bond acceptors (Lipinski definition) is 6. The first-order valence-electron chi connectivity index (χ1n) is 13.0. The lowest BCUT2D eigenvalue weighted by atomic mass is 9.73. The third kappa shape index (κ3) is 3.54. The Bertz CT molecular complexity index is 1150. The number of fused-ring (bicyclic) bond motifs is 2. The van der Waals surface area contributed by atoms with Gasteiger partial charge in [-0.15, -0.1) is 0 Å². The fraction of sp³-hybridized carbons (Fsp3) is 0.536. The summed E-state index contributed by atoms with van der Waals surface area (Å²) in [6.45, 7) is 4.23. The summed E-state index contributed by atoms with van der Waals surface area (Å²) in [4.78, 5) is 47.2. The van der Waals surface area contributed by atoms with Crippen molar-refractivity contribution in [1.82, 2.24) is 9.80 Å². The Balaban J connectivity index is 1.68. The number of aliphatic hydroxyl groups is 1. The number of aliphatic hydroxyl groups excluding tert-OH is 1. The Kier molecular flexibility index (Phi) is 6.40. The molecule has 9 heteroatoms. The van der Waals surface area contributed by atoms with Gasteiger partial charge in [0, 0.05) is 25.8 Å². The Labute approximate surface area is 217 Å². The van der Waals surface area contributed by atoms with Gasteiger partial charge in [-0.3, -0.25) is 14.4 Å². The van der Waals surface area contributed by atoms with E-state index in [9.17, 15) is 19.5 Å². The summed E-state index contributed by atoms with van der Waals surface area (Å²) in [6.07, 6.45) is 8.45. The monoisotopic (exact) mass is 509 g/mol. The number of likely N-dealkylation sites (N-methyl/N-ethyl adjacent to an activating group) is 1. The van der Waals surface area contributed by atoms with E-state index in [1.165, 1.54) is 4.90 Å². The predicted octanol–water partition coefficient (Wildman–Crippen LogP) is 1.76. The van der Waals surface area contributed by atoms with E-state index in [1.807, 2.05) is 38.2 Å². The van der Waals surface area contributed by atoms with Gasteiger partial charge in [-0.2, -0.15) is 0 Å². The summed E-state index contributed by atoms with van der Waals surface area (Å²) in [5, 5.41) is 10.2. The van der Waals surface area contributed by atoms with E-state index in [2.05, 4.69) is 0 Å².